The van der Waals surface area contributed by atoms with Crippen LogP contribution < -0.4 is 4.74 Å². The third kappa shape index (κ3) is 4.46. The summed E-state index contributed by atoms with van der Waals surface area (Å²) >= 11 is 1.26. The van der Waals surface area contributed by atoms with Crippen LogP contribution in [0.3, 0.4) is 0 Å². The van der Waals surface area contributed by atoms with Crippen LogP contribution in [-0.2, 0) is 4.74 Å². The smallest absolute Gasteiger partial charge is 0.361 e. The van der Waals surface area contributed by atoms with Gasteiger partial charge in [-0.3, -0.25) is 0 Å². The van der Waals surface area contributed by atoms with Gasteiger partial charge >= 0.3 is 5.97 Å². The summed E-state index contributed by atoms with van der Waals surface area (Å²) in [4.78, 5) is 16.9. The predicted molar refractivity (Wildman–Crippen MR) is 120 cm³/mol. The molecule has 4 aromatic rings. The summed E-state index contributed by atoms with van der Waals surface area (Å²) in [6.07, 6.45) is 1.59. The second kappa shape index (κ2) is 9.06. The Morgan fingerprint density at radius 3 is 2.45 bits per heavy atom. The van der Waals surface area contributed by atoms with Gasteiger partial charge in [0.15, 0.2) is 11.4 Å². The molecule has 0 fully saturated rings. The zero-order valence-corrected chi connectivity index (χ0v) is 17.7. The van der Waals surface area contributed by atoms with Crippen molar-refractivity contribution in [3.05, 3.63) is 66.4 Å². The zero-order valence-electron chi connectivity index (χ0n) is 16.9. The van der Waals surface area contributed by atoms with E-state index in [-0.39, 0.29) is 23.9 Å². The maximum absolute atomic E-state index is 12.2. The van der Waals surface area contributed by atoms with Crippen molar-refractivity contribution in [1.82, 2.24) is 4.98 Å². The Labute approximate surface area is 183 Å². The second-order valence-electron chi connectivity index (χ2n) is 6.92. The summed E-state index contributed by atoms with van der Waals surface area (Å²) in [5, 5.41) is 21.3. The van der Waals surface area contributed by atoms with Crippen molar-refractivity contribution in [3.8, 4) is 33.6 Å². The molecule has 0 aliphatic carbocycles. The molecule has 7 heteroatoms. The lowest BCUT2D eigenvalue weighted by Gasteiger charge is -2.06. The Bertz CT molecular complexity index is 1200. The number of para-hydroxylation sites is 1. The lowest BCUT2D eigenvalue weighted by atomic mass is 10.1. The van der Waals surface area contributed by atoms with E-state index < -0.39 is 5.97 Å². The van der Waals surface area contributed by atoms with Gasteiger partial charge in [0.2, 0.25) is 5.88 Å². The summed E-state index contributed by atoms with van der Waals surface area (Å²) < 4.78 is 11.3. The van der Waals surface area contributed by atoms with Crippen LogP contribution in [0.1, 0.15) is 30.3 Å². The Morgan fingerprint density at radius 2 is 1.74 bits per heavy atom. The number of esters is 1. The number of thiophene rings is 1. The molecule has 0 aliphatic rings. The molecule has 2 heterocycles. The Kier molecular flexibility index (Phi) is 6.04. The molecule has 0 amide bonds. The van der Waals surface area contributed by atoms with Gasteiger partial charge in [-0.15, -0.1) is 11.3 Å². The number of aromatic hydroxyl groups is 2. The number of unbranched alkanes of at least 4 members (excludes halogenated alkanes) is 1. The molecule has 0 atom stereocenters. The van der Waals surface area contributed by atoms with E-state index in [1.54, 1.807) is 6.07 Å². The van der Waals surface area contributed by atoms with Gasteiger partial charge in [-0.1, -0.05) is 31.5 Å². The zero-order chi connectivity index (χ0) is 21.8. The fourth-order valence-corrected chi connectivity index (χ4v) is 4.14. The normalized spacial score (nSPS) is 10.9. The van der Waals surface area contributed by atoms with E-state index in [4.69, 9.17) is 9.47 Å². The largest absolute Gasteiger partial charge is 0.504 e. The van der Waals surface area contributed by atoms with Crippen LogP contribution in [0.4, 0.5) is 0 Å². The van der Waals surface area contributed by atoms with Crippen molar-refractivity contribution in [2.75, 3.05) is 6.61 Å². The number of fused-ring (bicyclic) bond motifs is 1. The number of benzene rings is 2. The van der Waals surface area contributed by atoms with E-state index in [9.17, 15) is 15.0 Å². The summed E-state index contributed by atoms with van der Waals surface area (Å²) in [6.45, 7) is 2.22. The molecule has 0 bridgehead atoms. The molecule has 0 radical (unpaired) electrons. The first-order chi connectivity index (χ1) is 15.1. The van der Waals surface area contributed by atoms with Crippen molar-refractivity contribution < 1.29 is 24.5 Å². The van der Waals surface area contributed by atoms with Crippen molar-refractivity contribution >= 4 is 27.4 Å². The average molecular weight is 436 g/mol. The van der Waals surface area contributed by atoms with Crippen molar-refractivity contribution in [2.24, 2.45) is 0 Å². The fourth-order valence-electron chi connectivity index (χ4n) is 3.03. The summed E-state index contributed by atoms with van der Waals surface area (Å²) in [5.74, 6) is 0.0915. The number of nitrogens with zero attached hydrogens (tertiary/aromatic N) is 1. The van der Waals surface area contributed by atoms with Gasteiger partial charge in [0.1, 0.15) is 11.5 Å². The van der Waals surface area contributed by atoms with Crippen LogP contribution in [0.25, 0.3) is 20.5 Å². The third-order valence-corrected chi connectivity index (χ3v) is 5.86. The third-order valence-electron chi connectivity index (χ3n) is 4.67. The highest BCUT2D eigenvalue weighted by Crippen LogP contribution is 2.43. The van der Waals surface area contributed by atoms with Crippen LogP contribution in [0, 0.1) is 0 Å². The van der Waals surface area contributed by atoms with Gasteiger partial charge in [0, 0.05) is 4.88 Å². The van der Waals surface area contributed by atoms with Crippen molar-refractivity contribution in [1.29, 1.82) is 0 Å². The molecule has 4 rings (SSSR count). The first-order valence-electron chi connectivity index (χ1n) is 9.92. The van der Waals surface area contributed by atoms with E-state index in [0.29, 0.717) is 22.3 Å². The standard InChI is InChI=1S/C24H21NO5S/c1-2-3-13-29-24(28)20-21(26)22-18(23(27)25-20)14-19(31-22)15-9-11-17(12-10-15)30-16-7-5-4-6-8-16/h4-12,14,26H,2-3,13H2,1H3,(H,25,27). The van der Waals surface area contributed by atoms with E-state index in [1.807, 2.05) is 61.5 Å². The molecule has 0 unspecified atom stereocenters. The van der Waals surface area contributed by atoms with E-state index in [1.165, 1.54) is 11.3 Å². The number of carbonyl (C=O) groups excluding carboxylic acids is 1. The first-order valence-corrected chi connectivity index (χ1v) is 10.7. The molecule has 2 N–H and O–H groups in total. The number of aromatic nitrogens is 1. The first kappa shape index (κ1) is 20.7. The van der Waals surface area contributed by atoms with Gasteiger partial charge in [-0.05, 0) is 54.4 Å². The highest BCUT2D eigenvalue weighted by Gasteiger charge is 2.22. The minimum absolute atomic E-state index is 0.238. The molecule has 0 aliphatic heterocycles. The van der Waals surface area contributed by atoms with Gasteiger partial charge in [-0.25, -0.2) is 9.78 Å². The monoisotopic (exact) mass is 435 g/mol. The molecule has 2 aromatic heterocycles. The van der Waals surface area contributed by atoms with Crippen LogP contribution >= 0.6 is 11.3 Å². The predicted octanol–water partition coefficient (Wildman–Crippen LogP) is 6.12. The highest BCUT2D eigenvalue weighted by atomic mass is 32.1. The maximum atomic E-state index is 12.2. The van der Waals surface area contributed by atoms with Crippen LogP contribution in [0.5, 0.6) is 23.1 Å². The maximum Gasteiger partial charge on any atom is 0.361 e. The topological polar surface area (TPSA) is 88.9 Å². The molecule has 0 spiro atoms. The number of pyridine rings is 1. The van der Waals surface area contributed by atoms with Gasteiger partial charge in [0.25, 0.3) is 0 Å². The summed E-state index contributed by atoms with van der Waals surface area (Å²) in [5.41, 5.74) is 0.605. The number of hydrogen-bond acceptors (Lipinski definition) is 7. The van der Waals surface area contributed by atoms with Crippen LogP contribution in [0.2, 0.25) is 0 Å². The number of ether oxygens (including phenoxy) is 2. The van der Waals surface area contributed by atoms with Gasteiger partial charge in [0.05, 0.1) is 16.7 Å². The molecular formula is C24H21NO5S. The summed E-state index contributed by atoms with van der Waals surface area (Å²) in [6, 6.07) is 18.7. The minimum atomic E-state index is -0.750. The molecule has 0 saturated carbocycles. The van der Waals surface area contributed by atoms with Gasteiger partial charge < -0.3 is 19.7 Å². The SMILES string of the molecule is CCCCOC(=O)c1nc(O)c2cc(-c3ccc(Oc4ccccc4)cc3)sc2c1O. The van der Waals surface area contributed by atoms with E-state index in [0.717, 1.165) is 22.6 Å². The lowest BCUT2D eigenvalue weighted by Crippen LogP contribution is -2.08. The quantitative estimate of drug-likeness (QED) is 0.268. The second-order valence-corrected chi connectivity index (χ2v) is 7.97. The van der Waals surface area contributed by atoms with Crippen LogP contribution in [0.15, 0.2) is 60.7 Å². The minimum Gasteiger partial charge on any atom is -0.504 e. The Balaban J connectivity index is 1.61. The molecule has 6 nitrogen and oxygen atoms in total. The molecular weight excluding hydrogens is 414 g/mol. The lowest BCUT2D eigenvalue weighted by molar-refractivity contribution is 0.0488. The molecule has 0 saturated heterocycles. The summed E-state index contributed by atoms with van der Waals surface area (Å²) in [7, 11) is 0. The average Bonchev–Trinajstić information content (AvgIpc) is 3.24. The van der Waals surface area contributed by atoms with Crippen molar-refractivity contribution in [3.63, 3.8) is 0 Å². The van der Waals surface area contributed by atoms with Crippen molar-refractivity contribution in [2.45, 2.75) is 19.8 Å². The van der Waals surface area contributed by atoms with E-state index in [2.05, 4.69) is 4.98 Å². The molecule has 31 heavy (non-hydrogen) atoms. The number of rotatable bonds is 7. The van der Waals surface area contributed by atoms with Gasteiger partial charge in [-0.2, -0.15) is 0 Å². The molecule has 2 aromatic carbocycles. The fraction of sp³-hybridized carbons (Fsp3) is 0.167. The molecule has 158 valence electrons. The Morgan fingerprint density at radius 1 is 1.03 bits per heavy atom. The van der Waals surface area contributed by atoms with E-state index >= 15 is 0 Å². The Hall–Kier alpha value is -3.58. The number of carbonyl (C=O) groups is 1. The highest BCUT2D eigenvalue weighted by molar-refractivity contribution is 7.22. The number of hydrogen-bond donors (Lipinski definition) is 2. The van der Waals surface area contributed by atoms with Crippen LogP contribution in [-0.4, -0.2) is 27.8 Å².